The monoisotopic (exact) mass is 371 g/mol. The van der Waals surface area contributed by atoms with Crippen molar-refractivity contribution in [3.63, 3.8) is 0 Å². The minimum Gasteiger partial charge on any atom is -0.392 e. The molecule has 0 saturated carbocycles. The summed E-state index contributed by atoms with van der Waals surface area (Å²) in [6, 6.07) is 9.47. The van der Waals surface area contributed by atoms with Crippen LogP contribution in [0.3, 0.4) is 0 Å². The summed E-state index contributed by atoms with van der Waals surface area (Å²) in [7, 11) is 0. The summed E-state index contributed by atoms with van der Waals surface area (Å²) in [4.78, 5) is 15.6. The predicted octanol–water partition coefficient (Wildman–Crippen LogP) is 3.64. The van der Waals surface area contributed by atoms with Gasteiger partial charge in [0.25, 0.3) is 0 Å². The van der Waals surface area contributed by atoms with E-state index in [4.69, 9.17) is 1.37 Å². The zero-order valence-corrected chi connectivity index (χ0v) is 14.9. The molecule has 6 heteroatoms. The molecule has 0 fully saturated rings. The number of nitrogens with one attached hydrogen (secondary N) is 2. The molecule has 0 saturated heterocycles. The smallest absolute Gasteiger partial charge is 0.0702 e. The van der Waals surface area contributed by atoms with Crippen molar-refractivity contribution in [2.24, 2.45) is 0 Å². The van der Waals surface area contributed by atoms with Crippen LogP contribution < -0.4 is 0 Å². The first kappa shape index (κ1) is 15.6. The molecule has 0 unspecified atom stereocenters. The van der Waals surface area contributed by atoms with Gasteiger partial charge in [-0.2, -0.15) is 0 Å². The molecule has 2 aliphatic rings. The maximum atomic E-state index is 9.79. The Morgan fingerprint density at radius 3 is 1.93 bits per heavy atom. The van der Waals surface area contributed by atoms with E-state index in [0.29, 0.717) is 16.6 Å². The number of aliphatic hydroxyl groups is 2. The molecule has 0 aromatic carbocycles. The van der Waals surface area contributed by atoms with Gasteiger partial charge in [-0.1, -0.05) is 0 Å². The van der Waals surface area contributed by atoms with E-state index in [9.17, 15) is 10.2 Å². The summed E-state index contributed by atoms with van der Waals surface area (Å²) in [5.74, 6) is 0. The largest absolute Gasteiger partial charge is 0.392 e. The first-order valence-corrected chi connectivity index (χ1v) is 8.94. The van der Waals surface area contributed by atoms with Crippen LogP contribution in [0.5, 0.6) is 0 Å². The number of fused-ring (bicyclic) bond motifs is 8. The molecule has 5 heterocycles. The van der Waals surface area contributed by atoms with Gasteiger partial charge in [-0.05, 0) is 60.7 Å². The van der Waals surface area contributed by atoms with Crippen LogP contribution in [-0.4, -0.2) is 30.1 Å². The Balaban J connectivity index is 1.91. The van der Waals surface area contributed by atoms with E-state index in [1.807, 2.05) is 48.6 Å². The molecule has 3 aromatic heterocycles. The van der Waals surface area contributed by atoms with E-state index in [2.05, 4.69) is 19.9 Å². The van der Waals surface area contributed by atoms with Crippen molar-refractivity contribution in [1.82, 2.24) is 19.9 Å². The fraction of sp³-hybridized carbons (Fsp3) is 0.0909. The molecule has 138 valence electrons. The number of hydrogen-bond donors (Lipinski definition) is 4. The lowest BCUT2D eigenvalue weighted by Crippen LogP contribution is -1.80. The van der Waals surface area contributed by atoms with Crippen LogP contribution in [0, 0.1) is 0 Å². The van der Waals surface area contributed by atoms with Gasteiger partial charge in [0.15, 0.2) is 0 Å². The standard InChI is InChI=1S/C22H18N4O2/c27-11-13-5-19-8-17-2-1-15(23-17)7-16-3-4-18(24-16)9-21-14(12-28)6-20(26-21)10-22(13)25-19/h1-10,25-28H,11-12H2/i5D. The van der Waals surface area contributed by atoms with Crippen molar-refractivity contribution in [3.8, 4) is 0 Å². The number of rotatable bonds is 2. The lowest BCUT2D eigenvalue weighted by molar-refractivity contribution is 0.283. The van der Waals surface area contributed by atoms with Crippen LogP contribution in [0.4, 0.5) is 0 Å². The first-order valence-electron chi connectivity index (χ1n) is 9.44. The summed E-state index contributed by atoms with van der Waals surface area (Å²) >= 11 is 0. The third-order valence-electron chi connectivity index (χ3n) is 4.71. The van der Waals surface area contributed by atoms with Crippen LogP contribution in [-0.2, 0) is 13.2 Å². The van der Waals surface area contributed by atoms with Gasteiger partial charge in [0.05, 0.1) is 37.4 Å². The van der Waals surface area contributed by atoms with Gasteiger partial charge >= 0.3 is 0 Å². The van der Waals surface area contributed by atoms with E-state index in [-0.39, 0.29) is 19.3 Å². The highest BCUT2D eigenvalue weighted by Gasteiger charge is 2.06. The predicted molar refractivity (Wildman–Crippen MR) is 111 cm³/mol. The second-order valence-corrected chi connectivity index (χ2v) is 6.70. The van der Waals surface area contributed by atoms with E-state index in [1.165, 1.54) is 0 Å². The highest BCUT2D eigenvalue weighted by molar-refractivity contribution is 5.79. The molecule has 0 spiro atoms. The van der Waals surface area contributed by atoms with Gasteiger partial charge < -0.3 is 20.2 Å². The third kappa shape index (κ3) is 3.05. The number of aromatic nitrogens is 4. The van der Waals surface area contributed by atoms with Gasteiger partial charge in [-0.3, -0.25) is 0 Å². The first-order chi connectivity index (χ1) is 14.1. The number of nitrogens with zero attached hydrogens (tertiary/aromatic N) is 2. The molecule has 6 nitrogen and oxygen atoms in total. The highest BCUT2D eigenvalue weighted by atomic mass is 16.3. The molecule has 3 aromatic rings. The average Bonchev–Trinajstić information content (AvgIpc) is 3.46. The van der Waals surface area contributed by atoms with Gasteiger partial charge in [0.1, 0.15) is 0 Å². The maximum absolute atomic E-state index is 9.79. The quantitative estimate of drug-likeness (QED) is 0.381. The number of aromatic amines is 2. The Kier molecular flexibility index (Phi) is 3.67. The van der Waals surface area contributed by atoms with Gasteiger partial charge in [-0.15, -0.1) is 0 Å². The molecule has 28 heavy (non-hydrogen) atoms. The lowest BCUT2D eigenvalue weighted by atomic mass is 10.2. The summed E-state index contributed by atoms with van der Waals surface area (Å²) in [5, 5.41) is 19.5. The zero-order chi connectivity index (χ0) is 20.0. The number of hydrogen-bond acceptors (Lipinski definition) is 4. The summed E-state index contributed by atoms with van der Waals surface area (Å²) < 4.78 is 8.40. The van der Waals surface area contributed by atoms with Gasteiger partial charge in [-0.25, -0.2) is 9.97 Å². The molecular weight excluding hydrogens is 352 g/mol. The van der Waals surface area contributed by atoms with E-state index < -0.39 is 0 Å². The Bertz CT molecular complexity index is 1350. The van der Waals surface area contributed by atoms with Gasteiger partial charge in [0, 0.05) is 33.2 Å². The highest BCUT2D eigenvalue weighted by Crippen LogP contribution is 2.21. The molecule has 0 aliphatic carbocycles. The van der Waals surface area contributed by atoms with E-state index in [0.717, 1.165) is 39.4 Å². The van der Waals surface area contributed by atoms with Crippen LogP contribution >= 0.6 is 0 Å². The Hall–Kier alpha value is -3.48. The lowest BCUT2D eigenvalue weighted by Gasteiger charge is -1.89. The van der Waals surface area contributed by atoms with Crippen molar-refractivity contribution in [2.45, 2.75) is 13.2 Å². The molecule has 4 N–H and O–H groups in total. The van der Waals surface area contributed by atoms with Crippen molar-refractivity contribution in [1.29, 1.82) is 0 Å². The summed E-state index contributed by atoms with van der Waals surface area (Å²) in [6.45, 7) is -0.370. The van der Waals surface area contributed by atoms with E-state index in [1.54, 1.807) is 6.07 Å². The molecule has 0 atom stereocenters. The van der Waals surface area contributed by atoms with Crippen molar-refractivity contribution >= 4 is 46.4 Å². The number of H-pyrrole nitrogens is 2. The fourth-order valence-electron chi connectivity index (χ4n) is 3.39. The molecule has 8 bridgehead atoms. The maximum Gasteiger partial charge on any atom is 0.0702 e. The van der Waals surface area contributed by atoms with Crippen molar-refractivity contribution in [3.05, 3.63) is 70.3 Å². The SMILES string of the molecule is [2H]c1c(CO)c2cc3cc(CO)c(cc4nc(cc5nc(cc1[nH]2)C=C5)C=C4)[nH]3. The minimum atomic E-state index is -0.255. The third-order valence-corrected chi connectivity index (χ3v) is 4.71. The van der Waals surface area contributed by atoms with Crippen LogP contribution in [0.25, 0.3) is 46.4 Å². The molecular formula is C22H18N4O2. The second-order valence-electron chi connectivity index (χ2n) is 6.70. The molecule has 0 radical (unpaired) electrons. The van der Waals surface area contributed by atoms with Crippen LogP contribution in [0.2, 0.25) is 0 Å². The second kappa shape index (κ2) is 6.60. The minimum absolute atomic E-state index is 0.115. The molecule has 0 amide bonds. The molecule has 2 aliphatic heterocycles. The van der Waals surface area contributed by atoms with Gasteiger partial charge in [0.2, 0.25) is 0 Å². The Morgan fingerprint density at radius 1 is 0.679 bits per heavy atom. The number of aliphatic hydroxyl groups excluding tert-OH is 2. The fourth-order valence-corrected chi connectivity index (χ4v) is 3.39. The van der Waals surface area contributed by atoms with Crippen LogP contribution in [0.15, 0.2) is 36.4 Å². The van der Waals surface area contributed by atoms with Crippen LogP contribution in [0.1, 0.15) is 35.3 Å². The summed E-state index contributed by atoms with van der Waals surface area (Å²) in [5.41, 5.74) is 7.04. The summed E-state index contributed by atoms with van der Waals surface area (Å²) in [6.07, 6.45) is 7.61. The van der Waals surface area contributed by atoms with Crippen molar-refractivity contribution in [2.75, 3.05) is 0 Å². The van der Waals surface area contributed by atoms with E-state index >= 15 is 0 Å². The Morgan fingerprint density at radius 2 is 1.25 bits per heavy atom. The zero-order valence-electron chi connectivity index (χ0n) is 15.9. The average molecular weight is 371 g/mol. The molecule has 5 rings (SSSR count). The topological polar surface area (TPSA) is 97.8 Å². The Labute approximate surface area is 162 Å². The van der Waals surface area contributed by atoms with Crippen molar-refractivity contribution < 1.29 is 11.6 Å². The normalized spacial score (nSPS) is 13.1.